The van der Waals surface area contributed by atoms with Gasteiger partial charge < -0.3 is 20.9 Å². The normalized spacial score (nSPS) is 26.9. The number of benzene rings is 1. The molecule has 0 bridgehead atoms. The number of primary amides is 1. The summed E-state index contributed by atoms with van der Waals surface area (Å²) in [6, 6.07) is 7.32. The van der Waals surface area contributed by atoms with E-state index in [9.17, 15) is 4.79 Å². The third-order valence-electron chi connectivity index (χ3n) is 3.36. The zero-order valence-corrected chi connectivity index (χ0v) is 10.4. The zero-order valence-electron chi connectivity index (χ0n) is 10.4. The summed E-state index contributed by atoms with van der Waals surface area (Å²) in [5.41, 5.74) is 10.3. The van der Waals surface area contributed by atoms with E-state index in [0.717, 1.165) is 17.9 Å². The molecule has 0 heterocycles. The van der Waals surface area contributed by atoms with Gasteiger partial charge in [0, 0.05) is 6.42 Å². The van der Waals surface area contributed by atoms with E-state index < -0.39 is 11.4 Å². The van der Waals surface area contributed by atoms with E-state index >= 15 is 0 Å². The zero-order chi connectivity index (χ0) is 13.2. The Hall–Kier alpha value is -1.75. The Morgan fingerprint density at radius 1 is 1.33 bits per heavy atom. The summed E-state index contributed by atoms with van der Waals surface area (Å²) in [7, 11) is 1.61. The second-order valence-electron chi connectivity index (χ2n) is 4.68. The van der Waals surface area contributed by atoms with Crippen LogP contribution in [0.15, 0.2) is 24.3 Å². The Morgan fingerprint density at radius 2 is 1.94 bits per heavy atom. The highest BCUT2D eigenvalue weighted by Gasteiger charge is 2.41. The highest BCUT2D eigenvalue weighted by atomic mass is 16.5. The minimum Gasteiger partial charge on any atom is -0.497 e. The quantitative estimate of drug-likeness (QED) is 0.827. The lowest BCUT2D eigenvalue weighted by Crippen LogP contribution is -2.50. The van der Waals surface area contributed by atoms with Crippen LogP contribution in [-0.2, 0) is 4.79 Å². The van der Waals surface area contributed by atoms with Gasteiger partial charge in [-0.3, -0.25) is 4.79 Å². The molecule has 2 rings (SSSR count). The first-order chi connectivity index (χ1) is 8.53. The van der Waals surface area contributed by atoms with Crippen molar-refractivity contribution in [3.63, 3.8) is 0 Å². The van der Waals surface area contributed by atoms with E-state index in [2.05, 4.69) is 0 Å². The lowest BCUT2D eigenvalue weighted by molar-refractivity contribution is -0.123. The smallest absolute Gasteiger partial charge is 0.237 e. The molecule has 1 amide bonds. The fourth-order valence-electron chi connectivity index (χ4n) is 2.20. The van der Waals surface area contributed by atoms with Gasteiger partial charge in [0.2, 0.25) is 5.91 Å². The number of rotatable bonds is 4. The molecular formula is C13H18N2O3. The van der Waals surface area contributed by atoms with Gasteiger partial charge in [0.05, 0.1) is 12.6 Å². The van der Waals surface area contributed by atoms with Crippen molar-refractivity contribution in [3.05, 3.63) is 24.3 Å². The molecule has 2 unspecified atom stereocenters. The molecule has 0 spiro atoms. The van der Waals surface area contributed by atoms with Crippen LogP contribution in [0.1, 0.15) is 19.3 Å². The molecule has 0 radical (unpaired) electrons. The van der Waals surface area contributed by atoms with Crippen molar-refractivity contribution in [1.29, 1.82) is 0 Å². The van der Waals surface area contributed by atoms with E-state index in [1.54, 1.807) is 7.11 Å². The fraction of sp³-hybridized carbons (Fsp3) is 0.462. The van der Waals surface area contributed by atoms with Crippen molar-refractivity contribution < 1.29 is 14.3 Å². The SMILES string of the molecule is COc1ccc(OC2CCC(N)(C(N)=O)C2)cc1. The summed E-state index contributed by atoms with van der Waals surface area (Å²) in [6.45, 7) is 0. The Morgan fingerprint density at radius 3 is 2.44 bits per heavy atom. The maximum absolute atomic E-state index is 11.2. The van der Waals surface area contributed by atoms with E-state index in [1.165, 1.54) is 0 Å². The monoisotopic (exact) mass is 250 g/mol. The Labute approximate surface area is 106 Å². The van der Waals surface area contributed by atoms with Gasteiger partial charge in [0.15, 0.2) is 0 Å². The Bertz CT molecular complexity index is 432. The molecule has 0 aliphatic heterocycles. The van der Waals surface area contributed by atoms with Gasteiger partial charge in [-0.05, 0) is 37.1 Å². The molecule has 2 atom stereocenters. The number of hydrogen-bond donors (Lipinski definition) is 2. The number of hydrogen-bond acceptors (Lipinski definition) is 4. The topological polar surface area (TPSA) is 87.6 Å². The number of carbonyl (C=O) groups excluding carboxylic acids is 1. The van der Waals surface area contributed by atoms with Gasteiger partial charge in [-0.1, -0.05) is 0 Å². The fourth-order valence-corrected chi connectivity index (χ4v) is 2.20. The van der Waals surface area contributed by atoms with Gasteiger partial charge in [-0.25, -0.2) is 0 Å². The highest BCUT2D eigenvalue weighted by molar-refractivity contribution is 5.84. The molecule has 1 fully saturated rings. The summed E-state index contributed by atoms with van der Waals surface area (Å²) in [5, 5.41) is 0. The number of nitrogens with two attached hydrogens (primary N) is 2. The molecule has 5 nitrogen and oxygen atoms in total. The maximum Gasteiger partial charge on any atom is 0.237 e. The molecule has 0 saturated heterocycles. The summed E-state index contributed by atoms with van der Waals surface area (Å²) in [6.07, 6.45) is 1.72. The van der Waals surface area contributed by atoms with Gasteiger partial charge in [-0.2, -0.15) is 0 Å². The summed E-state index contributed by atoms with van der Waals surface area (Å²) in [5.74, 6) is 1.07. The molecule has 1 aromatic rings. The van der Waals surface area contributed by atoms with Crippen LogP contribution in [0.25, 0.3) is 0 Å². The van der Waals surface area contributed by atoms with Crippen LogP contribution in [0.2, 0.25) is 0 Å². The minimum absolute atomic E-state index is 0.0594. The first-order valence-electron chi connectivity index (χ1n) is 5.93. The maximum atomic E-state index is 11.2. The van der Waals surface area contributed by atoms with Crippen molar-refractivity contribution in [2.24, 2.45) is 11.5 Å². The number of methoxy groups -OCH3 is 1. The molecule has 5 heteroatoms. The molecule has 1 aliphatic rings. The molecule has 98 valence electrons. The standard InChI is InChI=1S/C13H18N2O3/c1-17-9-2-4-10(5-3-9)18-11-6-7-13(15,8-11)12(14)16/h2-5,11H,6-8,15H2,1H3,(H2,14,16). The largest absolute Gasteiger partial charge is 0.497 e. The van der Waals surface area contributed by atoms with Crippen molar-refractivity contribution in [2.75, 3.05) is 7.11 Å². The first-order valence-corrected chi connectivity index (χ1v) is 5.93. The molecule has 1 aromatic carbocycles. The average Bonchev–Trinajstić information content (AvgIpc) is 2.73. The minimum atomic E-state index is -0.920. The third kappa shape index (κ3) is 2.56. The second kappa shape index (κ2) is 4.86. The predicted octanol–water partition coefficient (Wildman–Crippen LogP) is 0.809. The van der Waals surface area contributed by atoms with Crippen molar-refractivity contribution >= 4 is 5.91 Å². The van der Waals surface area contributed by atoms with E-state index in [-0.39, 0.29) is 6.10 Å². The van der Waals surface area contributed by atoms with Gasteiger partial charge in [0.25, 0.3) is 0 Å². The van der Waals surface area contributed by atoms with Gasteiger partial charge >= 0.3 is 0 Å². The lowest BCUT2D eigenvalue weighted by atomic mass is 9.99. The molecule has 4 N–H and O–H groups in total. The average molecular weight is 250 g/mol. The van der Waals surface area contributed by atoms with Crippen LogP contribution in [0.5, 0.6) is 11.5 Å². The van der Waals surface area contributed by atoms with Gasteiger partial charge in [0.1, 0.15) is 17.6 Å². The van der Waals surface area contributed by atoms with E-state index in [4.69, 9.17) is 20.9 Å². The van der Waals surface area contributed by atoms with Crippen LogP contribution in [0.3, 0.4) is 0 Å². The Kier molecular flexibility index (Phi) is 3.43. The second-order valence-corrected chi connectivity index (χ2v) is 4.68. The van der Waals surface area contributed by atoms with Crippen LogP contribution in [0, 0.1) is 0 Å². The van der Waals surface area contributed by atoms with Crippen molar-refractivity contribution in [3.8, 4) is 11.5 Å². The van der Waals surface area contributed by atoms with E-state index in [0.29, 0.717) is 12.8 Å². The lowest BCUT2D eigenvalue weighted by Gasteiger charge is -2.19. The Balaban J connectivity index is 1.97. The van der Waals surface area contributed by atoms with Gasteiger partial charge in [-0.15, -0.1) is 0 Å². The summed E-state index contributed by atoms with van der Waals surface area (Å²) >= 11 is 0. The number of amides is 1. The third-order valence-corrected chi connectivity index (χ3v) is 3.36. The number of carbonyl (C=O) groups is 1. The molecular weight excluding hydrogens is 232 g/mol. The molecule has 1 aliphatic carbocycles. The van der Waals surface area contributed by atoms with Crippen molar-refractivity contribution in [1.82, 2.24) is 0 Å². The predicted molar refractivity (Wildman–Crippen MR) is 67.4 cm³/mol. The van der Waals surface area contributed by atoms with Crippen LogP contribution < -0.4 is 20.9 Å². The van der Waals surface area contributed by atoms with E-state index in [1.807, 2.05) is 24.3 Å². The number of ether oxygens (including phenoxy) is 2. The molecule has 18 heavy (non-hydrogen) atoms. The first kappa shape index (κ1) is 12.7. The summed E-state index contributed by atoms with van der Waals surface area (Å²) < 4.78 is 10.8. The van der Waals surface area contributed by atoms with Crippen molar-refractivity contribution in [2.45, 2.75) is 30.9 Å². The summed E-state index contributed by atoms with van der Waals surface area (Å²) in [4.78, 5) is 11.2. The van der Waals surface area contributed by atoms with Crippen LogP contribution in [-0.4, -0.2) is 24.7 Å². The molecule has 1 saturated carbocycles. The van der Waals surface area contributed by atoms with Crippen LogP contribution >= 0.6 is 0 Å². The highest BCUT2D eigenvalue weighted by Crippen LogP contribution is 2.31. The van der Waals surface area contributed by atoms with Crippen LogP contribution in [0.4, 0.5) is 0 Å². The molecule has 0 aromatic heterocycles.